The topological polar surface area (TPSA) is 43.6 Å². The van der Waals surface area contributed by atoms with Gasteiger partial charge in [0.1, 0.15) is 12.0 Å². The van der Waals surface area contributed by atoms with Crippen LogP contribution < -0.4 is 0 Å². The number of halogens is 1. The molecule has 0 amide bonds. The molecule has 0 aliphatic heterocycles. The van der Waals surface area contributed by atoms with E-state index in [4.69, 9.17) is 11.6 Å². The van der Waals surface area contributed by atoms with Gasteiger partial charge in [-0.25, -0.2) is 9.97 Å². The fourth-order valence-electron chi connectivity index (χ4n) is 1.18. The van der Waals surface area contributed by atoms with Crippen molar-refractivity contribution in [2.24, 2.45) is 7.05 Å². The monoisotopic (exact) mass is 208 g/mol. The molecule has 0 aromatic carbocycles. The van der Waals surface area contributed by atoms with Gasteiger partial charge in [-0.1, -0.05) is 11.6 Å². The lowest BCUT2D eigenvalue weighted by molar-refractivity contribution is 0.742. The maximum atomic E-state index is 6.10. The Morgan fingerprint density at radius 1 is 1.43 bits per heavy atom. The molecule has 14 heavy (non-hydrogen) atoms. The Morgan fingerprint density at radius 3 is 2.71 bits per heavy atom. The first kappa shape index (κ1) is 9.15. The highest BCUT2D eigenvalue weighted by Gasteiger charge is 2.12. The van der Waals surface area contributed by atoms with Gasteiger partial charge in [-0.2, -0.15) is 5.10 Å². The third kappa shape index (κ3) is 1.37. The second-order valence-corrected chi connectivity index (χ2v) is 3.34. The molecular formula is C9H9ClN4. The number of aromatic nitrogens is 4. The van der Waals surface area contributed by atoms with E-state index in [9.17, 15) is 0 Å². The standard InChI is InChI=1S/C9H9ClN4/c1-6-8(10)9(13-14(6)2)7-3-4-11-5-12-7/h3-5H,1-2H3. The van der Waals surface area contributed by atoms with Crippen LogP contribution in [0, 0.1) is 6.92 Å². The minimum absolute atomic E-state index is 0.645. The smallest absolute Gasteiger partial charge is 0.130 e. The van der Waals surface area contributed by atoms with Crippen LogP contribution in [0.4, 0.5) is 0 Å². The van der Waals surface area contributed by atoms with Crippen LogP contribution in [0.15, 0.2) is 18.6 Å². The van der Waals surface area contributed by atoms with Gasteiger partial charge in [-0.3, -0.25) is 4.68 Å². The molecule has 0 saturated carbocycles. The molecule has 2 aromatic rings. The van der Waals surface area contributed by atoms with Crippen molar-refractivity contribution in [1.82, 2.24) is 19.7 Å². The average molecular weight is 209 g/mol. The summed E-state index contributed by atoms with van der Waals surface area (Å²) in [5, 5.41) is 4.92. The summed E-state index contributed by atoms with van der Waals surface area (Å²) in [5.74, 6) is 0. The second-order valence-electron chi connectivity index (χ2n) is 2.97. The Bertz CT molecular complexity index is 449. The summed E-state index contributed by atoms with van der Waals surface area (Å²) in [6, 6.07) is 1.79. The Balaban J connectivity index is 2.58. The predicted molar refractivity (Wildman–Crippen MR) is 54.0 cm³/mol. The largest absolute Gasteiger partial charge is 0.271 e. The molecule has 0 atom stereocenters. The molecule has 2 heterocycles. The average Bonchev–Trinajstić information content (AvgIpc) is 2.47. The van der Waals surface area contributed by atoms with Gasteiger partial charge < -0.3 is 0 Å². The molecule has 0 aliphatic carbocycles. The first-order valence-corrected chi connectivity index (χ1v) is 4.53. The first-order valence-electron chi connectivity index (χ1n) is 4.15. The molecule has 0 saturated heterocycles. The van der Waals surface area contributed by atoms with Gasteiger partial charge >= 0.3 is 0 Å². The summed E-state index contributed by atoms with van der Waals surface area (Å²) >= 11 is 6.10. The number of rotatable bonds is 1. The zero-order chi connectivity index (χ0) is 10.1. The number of hydrogen-bond acceptors (Lipinski definition) is 3. The van der Waals surface area contributed by atoms with Crippen LogP contribution in [-0.2, 0) is 7.05 Å². The van der Waals surface area contributed by atoms with Crippen LogP contribution >= 0.6 is 11.6 Å². The fourth-order valence-corrected chi connectivity index (χ4v) is 1.43. The van der Waals surface area contributed by atoms with Crippen LogP contribution in [-0.4, -0.2) is 19.7 Å². The van der Waals surface area contributed by atoms with Crippen molar-refractivity contribution in [3.05, 3.63) is 29.3 Å². The minimum Gasteiger partial charge on any atom is -0.271 e. The van der Waals surface area contributed by atoms with Crippen molar-refractivity contribution in [2.75, 3.05) is 0 Å². The van der Waals surface area contributed by atoms with Crippen molar-refractivity contribution in [2.45, 2.75) is 6.92 Å². The minimum atomic E-state index is 0.645. The van der Waals surface area contributed by atoms with Gasteiger partial charge in [-0.05, 0) is 13.0 Å². The second kappa shape index (κ2) is 3.38. The number of aryl methyl sites for hydroxylation is 1. The van der Waals surface area contributed by atoms with Gasteiger partial charge in [0, 0.05) is 13.2 Å². The van der Waals surface area contributed by atoms with Crippen LogP contribution in [0.25, 0.3) is 11.4 Å². The Labute approximate surface area is 86.6 Å². The van der Waals surface area contributed by atoms with Gasteiger partial charge in [0.05, 0.1) is 16.4 Å². The van der Waals surface area contributed by atoms with Crippen LogP contribution in [0.1, 0.15) is 5.69 Å². The Kier molecular flexibility index (Phi) is 2.21. The maximum Gasteiger partial charge on any atom is 0.130 e. The van der Waals surface area contributed by atoms with E-state index in [-0.39, 0.29) is 0 Å². The summed E-state index contributed by atoms with van der Waals surface area (Å²) < 4.78 is 1.74. The fraction of sp³-hybridized carbons (Fsp3) is 0.222. The molecular weight excluding hydrogens is 200 g/mol. The highest BCUT2D eigenvalue weighted by molar-refractivity contribution is 6.33. The quantitative estimate of drug-likeness (QED) is 0.718. The maximum absolute atomic E-state index is 6.10. The predicted octanol–water partition coefficient (Wildman–Crippen LogP) is 1.84. The Hall–Kier alpha value is -1.42. The van der Waals surface area contributed by atoms with Crippen LogP contribution in [0.2, 0.25) is 5.02 Å². The lowest BCUT2D eigenvalue weighted by Gasteiger charge is -1.93. The highest BCUT2D eigenvalue weighted by atomic mass is 35.5. The van der Waals surface area contributed by atoms with Gasteiger partial charge in [0.2, 0.25) is 0 Å². The normalized spacial score (nSPS) is 10.5. The van der Waals surface area contributed by atoms with Gasteiger partial charge in [0.25, 0.3) is 0 Å². The van der Waals surface area contributed by atoms with Crippen LogP contribution in [0.5, 0.6) is 0 Å². The molecule has 4 nitrogen and oxygen atoms in total. The van der Waals surface area contributed by atoms with E-state index >= 15 is 0 Å². The molecule has 0 radical (unpaired) electrons. The third-order valence-electron chi connectivity index (χ3n) is 2.09. The molecule has 0 aliphatic rings. The van der Waals surface area contributed by atoms with Crippen molar-refractivity contribution < 1.29 is 0 Å². The van der Waals surface area contributed by atoms with Crippen molar-refractivity contribution >= 4 is 11.6 Å². The molecule has 0 N–H and O–H groups in total. The lowest BCUT2D eigenvalue weighted by atomic mass is 10.3. The Morgan fingerprint density at radius 2 is 2.21 bits per heavy atom. The van der Waals surface area contributed by atoms with E-state index in [0.29, 0.717) is 10.7 Å². The summed E-state index contributed by atoms with van der Waals surface area (Å²) in [4.78, 5) is 7.93. The van der Waals surface area contributed by atoms with E-state index in [2.05, 4.69) is 15.1 Å². The zero-order valence-corrected chi connectivity index (χ0v) is 8.65. The summed E-state index contributed by atoms with van der Waals surface area (Å²) in [7, 11) is 1.85. The van der Waals surface area contributed by atoms with Crippen molar-refractivity contribution in [3.63, 3.8) is 0 Å². The van der Waals surface area contributed by atoms with Gasteiger partial charge in [0.15, 0.2) is 0 Å². The van der Waals surface area contributed by atoms with E-state index in [0.717, 1.165) is 11.4 Å². The molecule has 0 bridgehead atoms. The van der Waals surface area contributed by atoms with Crippen molar-refractivity contribution in [3.8, 4) is 11.4 Å². The summed E-state index contributed by atoms with van der Waals surface area (Å²) in [6.45, 7) is 1.92. The molecule has 0 fully saturated rings. The summed E-state index contributed by atoms with van der Waals surface area (Å²) in [5.41, 5.74) is 2.38. The molecule has 2 aromatic heterocycles. The molecule has 72 valence electrons. The van der Waals surface area contributed by atoms with Gasteiger partial charge in [-0.15, -0.1) is 0 Å². The van der Waals surface area contributed by atoms with Crippen molar-refractivity contribution in [1.29, 1.82) is 0 Å². The van der Waals surface area contributed by atoms with E-state index in [1.807, 2.05) is 14.0 Å². The van der Waals surface area contributed by atoms with E-state index in [1.54, 1.807) is 16.9 Å². The highest BCUT2D eigenvalue weighted by Crippen LogP contribution is 2.26. The number of nitrogens with zero attached hydrogens (tertiary/aromatic N) is 4. The first-order chi connectivity index (χ1) is 6.70. The lowest BCUT2D eigenvalue weighted by Crippen LogP contribution is -1.92. The van der Waals surface area contributed by atoms with Crippen LogP contribution in [0.3, 0.4) is 0 Å². The third-order valence-corrected chi connectivity index (χ3v) is 2.54. The SMILES string of the molecule is Cc1c(Cl)c(-c2ccncn2)nn1C. The summed E-state index contributed by atoms with van der Waals surface area (Å²) in [6.07, 6.45) is 3.15. The molecule has 5 heteroatoms. The molecule has 0 unspecified atom stereocenters. The molecule has 2 rings (SSSR count). The number of hydrogen-bond donors (Lipinski definition) is 0. The van der Waals surface area contributed by atoms with E-state index in [1.165, 1.54) is 6.33 Å². The molecule has 0 spiro atoms. The van der Waals surface area contributed by atoms with E-state index < -0.39 is 0 Å². The zero-order valence-electron chi connectivity index (χ0n) is 7.90.